The molecule has 0 atom stereocenters. The lowest BCUT2D eigenvalue weighted by Crippen LogP contribution is -2.41. The van der Waals surface area contributed by atoms with Gasteiger partial charge >= 0.3 is 0 Å². The molecule has 0 heterocycles. The fraction of sp³-hybridized carbons (Fsp3) is 0.667. The molecule has 1 aliphatic rings. The zero-order valence-electron chi connectivity index (χ0n) is 19.9. The van der Waals surface area contributed by atoms with Crippen molar-refractivity contribution < 1.29 is 14.3 Å². The van der Waals surface area contributed by atoms with Crippen molar-refractivity contribution in [1.82, 2.24) is 16.0 Å². The summed E-state index contributed by atoms with van der Waals surface area (Å²) < 4.78 is 11.0. The van der Waals surface area contributed by atoms with Gasteiger partial charge in [-0.2, -0.15) is 0 Å². The van der Waals surface area contributed by atoms with Crippen LogP contribution in [0.5, 0.6) is 5.75 Å². The van der Waals surface area contributed by atoms with Gasteiger partial charge in [-0.25, -0.2) is 0 Å². The van der Waals surface area contributed by atoms with E-state index in [2.05, 4.69) is 46.1 Å². The second-order valence-electron chi connectivity index (χ2n) is 8.22. The van der Waals surface area contributed by atoms with Gasteiger partial charge in [0.2, 0.25) is 5.91 Å². The number of halogens is 1. The monoisotopic (exact) mass is 560 g/mol. The number of amides is 1. The lowest BCUT2D eigenvalue weighted by molar-refractivity contribution is -0.122. The van der Waals surface area contributed by atoms with Gasteiger partial charge in [0.15, 0.2) is 5.96 Å². The number of guanidine groups is 1. The molecule has 0 aromatic heterocycles. The largest absolute Gasteiger partial charge is 0.493 e. The summed E-state index contributed by atoms with van der Waals surface area (Å²) in [7, 11) is 3.44. The van der Waals surface area contributed by atoms with Gasteiger partial charge in [0.05, 0.1) is 6.61 Å². The van der Waals surface area contributed by atoms with E-state index in [1.54, 1.807) is 14.2 Å². The van der Waals surface area contributed by atoms with Gasteiger partial charge in [-0.05, 0) is 37.3 Å². The summed E-state index contributed by atoms with van der Waals surface area (Å²) in [6.07, 6.45) is 7.75. The molecule has 0 spiro atoms. The maximum Gasteiger partial charge on any atom is 0.220 e. The average Bonchev–Trinajstić information content (AvgIpc) is 2.78. The van der Waals surface area contributed by atoms with Crippen LogP contribution in [0.3, 0.4) is 0 Å². The number of carbonyl (C=O) groups is 1. The number of hydrogen-bond donors (Lipinski definition) is 3. The summed E-state index contributed by atoms with van der Waals surface area (Å²) in [6, 6.07) is 6.21. The first-order valence-corrected chi connectivity index (χ1v) is 11.5. The van der Waals surface area contributed by atoms with Gasteiger partial charge in [-0.1, -0.05) is 31.4 Å². The molecule has 0 radical (unpaired) electrons. The molecule has 1 aromatic rings. The zero-order chi connectivity index (χ0) is 22.3. The van der Waals surface area contributed by atoms with E-state index >= 15 is 0 Å². The Morgan fingerprint density at radius 3 is 2.56 bits per heavy atom. The molecular formula is C24H41IN4O3. The predicted molar refractivity (Wildman–Crippen MR) is 141 cm³/mol. The quantitative estimate of drug-likeness (QED) is 0.157. The SMILES string of the molecule is CN=C(NCCNC(=O)CC1CCCCC1)NCc1ccc(C)cc1OCCCOC.I. The molecular weight excluding hydrogens is 519 g/mol. The first-order valence-electron chi connectivity index (χ1n) is 11.5. The number of methoxy groups -OCH3 is 1. The molecule has 1 fully saturated rings. The Bertz CT molecular complexity index is 694. The molecule has 8 heteroatoms. The Morgan fingerprint density at radius 2 is 1.84 bits per heavy atom. The van der Waals surface area contributed by atoms with E-state index in [0.29, 0.717) is 51.1 Å². The number of ether oxygens (including phenoxy) is 2. The maximum atomic E-state index is 12.1. The fourth-order valence-corrected chi connectivity index (χ4v) is 3.84. The van der Waals surface area contributed by atoms with Crippen LogP contribution >= 0.6 is 24.0 Å². The molecule has 0 unspecified atom stereocenters. The third kappa shape index (κ3) is 11.4. The minimum absolute atomic E-state index is 0. The Kier molecular flexibility index (Phi) is 15.1. The van der Waals surface area contributed by atoms with Crippen molar-refractivity contribution in [3.63, 3.8) is 0 Å². The third-order valence-corrected chi connectivity index (χ3v) is 5.58. The molecule has 1 amide bonds. The molecule has 0 saturated heterocycles. The highest BCUT2D eigenvalue weighted by Crippen LogP contribution is 2.26. The van der Waals surface area contributed by atoms with E-state index in [-0.39, 0.29) is 29.9 Å². The van der Waals surface area contributed by atoms with Crippen LogP contribution in [0.15, 0.2) is 23.2 Å². The van der Waals surface area contributed by atoms with Crippen LogP contribution in [-0.4, -0.2) is 52.3 Å². The van der Waals surface area contributed by atoms with Crippen LogP contribution in [0, 0.1) is 12.8 Å². The summed E-state index contributed by atoms with van der Waals surface area (Å²) >= 11 is 0. The van der Waals surface area contributed by atoms with E-state index in [9.17, 15) is 4.79 Å². The zero-order valence-corrected chi connectivity index (χ0v) is 22.2. The van der Waals surface area contributed by atoms with Crippen molar-refractivity contribution in [2.45, 2.75) is 58.4 Å². The Balaban J connectivity index is 0.00000512. The Labute approximate surface area is 210 Å². The molecule has 182 valence electrons. The van der Waals surface area contributed by atoms with Crippen LogP contribution in [0.4, 0.5) is 0 Å². The van der Waals surface area contributed by atoms with E-state index in [1.807, 2.05) is 0 Å². The third-order valence-electron chi connectivity index (χ3n) is 5.58. The van der Waals surface area contributed by atoms with E-state index in [1.165, 1.54) is 32.1 Å². The van der Waals surface area contributed by atoms with E-state index in [0.717, 1.165) is 23.3 Å². The summed E-state index contributed by atoms with van der Waals surface area (Å²) in [5.74, 6) is 2.31. The second kappa shape index (κ2) is 17.0. The summed E-state index contributed by atoms with van der Waals surface area (Å²) in [6.45, 7) is 5.19. The second-order valence-corrected chi connectivity index (χ2v) is 8.22. The molecule has 7 nitrogen and oxygen atoms in total. The lowest BCUT2D eigenvalue weighted by Gasteiger charge is -2.21. The van der Waals surface area contributed by atoms with Crippen LogP contribution in [0.25, 0.3) is 0 Å². The van der Waals surface area contributed by atoms with Gasteiger partial charge in [0.25, 0.3) is 0 Å². The number of carbonyl (C=O) groups excluding carboxylic acids is 1. The highest BCUT2D eigenvalue weighted by Gasteiger charge is 2.16. The van der Waals surface area contributed by atoms with Crippen molar-refractivity contribution in [3.05, 3.63) is 29.3 Å². The number of rotatable bonds is 12. The predicted octanol–water partition coefficient (Wildman–Crippen LogP) is 3.78. The topological polar surface area (TPSA) is 84.0 Å². The van der Waals surface area contributed by atoms with Crippen molar-refractivity contribution in [1.29, 1.82) is 0 Å². The number of nitrogens with zero attached hydrogens (tertiary/aromatic N) is 1. The van der Waals surface area contributed by atoms with Crippen LogP contribution in [0.2, 0.25) is 0 Å². The standard InChI is InChI=1S/C24H40N4O3.HI/c1-19-10-11-21(22(16-19)31-15-7-14-30-3)18-28-24(25-2)27-13-12-26-23(29)17-20-8-5-4-6-9-20;/h10-11,16,20H,4-9,12-15,17-18H2,1-3H3,(H,26,29)(H2,25,27,28);1H. The molecule has 1 aromatic carbocycles. The minimum Gasteiger partial charge on any atom is -0.493 e. The molecule has 1 saturated carbocycles. The number of nitrogens with one attached hydrogen (secondary N) is 3. The first-order chi connectivity index (χ1) is 15.1. The molecule has 32 heavy (non-hydrogen) atoms. The van der Waals surface area contributed by atoms with E-state index < -0.39 is 0 Å². The summed E-state index contributed by atoms with van der Waals surface area (Å²) in [5.41, 5.74) is 2.24. The molecule has 2 rings (SSSR count). The van der Waals surface area contributed by atoms with Crippen molar-refractivity contribution in [2.24, 2.45) is 10.9 Å². The molecule has 1 aliphatic carbocycles. The van der Waals surface area contributed by atoms with Crippen molar-refractivity contribution in [2.75, 3.05) is 40.5 Å². The van der Waals surface area contributed by atoms with Crippen molar-refractivity contribution in [3.8, 4) is 5.75 Å². The normalized spacial score (nSPS) is 14.4. The van der Waals surface area contributed by atoms with Gasteiger partial charge in [-0.3, -0.25) is 9.79 Å². The average molecular weight is 561 g/mol. The highest BCUT2D eigenvalue weighted by atomic mass is 127. The lowest BCUT2D eigenvalue weighted by atomic mass is 9.87. The number of hydrogen-bond acceptors (Lipinski definition) is 4. The van der Waals surface area contributed by atoms with Gasteiger partial charge in [0.1, 0.15) is 5.75 Å². The van der Waals surface area contributed by atoms with Gasteiger partial charge in [0, 0.05) is 58.8 Å². The highest BCUT2D eigenvalue weighted by molar-refractivity contribution is 14.0. The number of benzene rings is 1. The summed E-state index contributed by atoms with van der Waals surface area (Å²) in [4.78, 5) is 16.4. The Hall–Kier alpha value is -1.55. The fourth-order valence-electron chi connectivity index (χ4n) is 3.84. The Morgan fingerprint density at radius 1 is 1.09 bits per heavy atom. The van der Waals surface area contributed by atoms with Crippen LogP contribution in [-0.2, 0) is 16.1 Å². The maximum absolute atomic E-state index is 12.1. The smallest absolute Gasteiger partial charge is 0.220 e. The first kappa shape index (κ1) is 28.5. The van der Waals surface area contributed by atoms with Gasteiger partial charge < -0.3 is 25.4 Å². The van der Waals surface area contributed by atoms with Crippen molar-refractivity contribution >= 4 is 35.8 Å². The number of aliphatic imine (C=N–C) groups is 1. The number of aryl methyl sites for hydroxylation is 1. The van der Waals surface area contributed by atoms with Crippen LogP contribution < -0.4 is 20.7 Å². The van der Waals surface area contributed by atoms with Gasteiger partial charge in [-0.15, -0.1) is 24.0 Å². The summed E-state index contributed by atoms with van der Waals surface area (Å²) in [5, 5.41) is 9.60. The minimum atomic E-state index is 0. The van der Waals surface area contributed by atoms with Crippen LogP contribution in [0.1, 0.15) is 56.1 Å². The molecule has 0 bridgehead atoms. The van der Waals surface area contributed by atoms with E-state index in [4.69, 9.17) is 9.47 Å². The molecule has 0 aliphatic heterocycles. The molecule has 3 N–H and O–H groups in total.